The summed E-state index contributed by atoms with van der Waals surface area (Å²) in [5, 5.41) is 1.03. The summed E-state index contributed by atoms with van der Waals surface area (Å²) >= 11 is 0. The fraction of sp³-hybridized carbons (Fsp3) is 0.529. The monoisotopic (exact) mass is 350 g/mol. The van der Waals surface area contributed by atoms with Crippen LogP contribution in [-0.2, 0) is 10.0 Å². The quantitative estimate of drug-likeness (QED) is 0.850. The van der Waals surface area contributed by atoms with Gasteiger partial charge in [-0.3, -0.25) is 4.90 Å². The molecule has 24 heavy (non-hydrogen) atoms. The molecule has 1 aromatic heterocycles. The van der Waals surface area contributed by atoms with Crippen LogP contribution in [0.25, 0.3) is 10.9 Å². The lowest BCUT2D eigenvalue weighted by atomic mass is 10.2. The Labute approximate surface area is 144 Å². The van der Waals surface area contributed by atoms with Crippen molar-refractivity contribution in [1.29, 1.82) is 0 Å². The van der Waals surface area contributed by atoms with Gasteiger partial charge in [0.05, 0.1) is 17.8 Å². The number of fused-ring (bicyclic) bond motifs is 1. The van der Waals surface area contributed by atoms with Crippen LogP contribution in [0, 0.1) is 0 Å². The summed E-state index contributed by atoms with van der Waals surface area (Å²) in [4.78, 5) is 11.3. The molecule has 0 N–H and O–H groups in total. The minimum atomic E-state index is -3.09. The van der Waals surface area contributed by atoms with Crippen LogP contribution in [0.4, 0.5) is 0 Å². The molecule has 0 amide bonds. The molecular formula is C17H26N4O2S. The average molecular weight is 350 g/mol. The highest BCUT2D eigenvalue weighted by molar-refractivity contribution is 7.88. The van der Waals surface area contributed by atoms with Crippen LogP contribution >= 0.6 is 0 Å². The standard InChI is InChI=1S/C15H20N4O2S.C2H6/c1-12(18-7-9-19(10-8-18)22(2,20)21)15-16-11-13-5-3-4-6-14(13)17-15;1-2/h3-6,11-12H,7-10H2,1-2H3;1-2H3. The van der Waals surface area contributed by atoms with Gasteiger partial charge in [0, 0.05) is 37.8 Å². The van der Waals surface area contributed by atoms with Crippen LogP contribution in [0.5, 0.6) is 0 Å². The summed E-state index contributed by atoms with van der Waals surface area (Å²) in [5.41, 5.74) is 0.939. The second kappa shape index (κ2) is 8.00. The molecule has 1 saturated heterocycles. The Hall–Kier alpha value is -1.57. The number of sulfonamides is 1. The lowest BCUT2D eigenvalue weighted by Gasteiger charge is -2.36. The highest BCUT2D eigenvalue weighted by Gasteiger charge is 2.27. The Bertz CT molecular complexity index is 771. The summed E-state index contributed by atoms with van der Waals surface area (Å²) in [6.45, 7) is 8.52. The van der Waals surface area contributed by atoms with Gasteiger partial charge in [0.15, 0.2) is 0 Å². The fourth-order valence-corrected chi connectivity index (χ4v) is 3.60. The fourth-order valence-electron chi connectivity index (χ4n) is 2.77. The van der Waals surface area contributed by atoms with Crippen LogP contribution in [0.1, 0.15) is 32.6 Å². The lowest BCUT2D eigenvalue weighted by Crippen LogP contribution is -2.49. The molecule has 0 spiro atoms. The number of hydrogen-bond donors (Lipinski definition) is 0. The zero-order chi connectivity index (χ0) is 17.7. The molecule has 1 aromatic carbocycles. The first-order chi connectivity index (χ1) is 11.4. The molecule has 1 unspecified atom stereocenters. The molecule has 7 heteroatoms. The van der Waals surface area contributed by atoms with Crippen molar-refractivity contribution < 1.29 is 8.42 Å². The smallest absolute Gasteiger partial charge is 0.211 e. The molecule has 2 heterocycles. The molecule has 1 aliphatic heterocycles. The Morgan fingerprint density at radius 1 is 1.08 bits per heavy atom. The SMILES string of the molecule is CC.CC(c1ncc2ccccc2n1)N1CCN(S(C)(=O)=O)CC1. The van der Waals surface area contributed by atoms with Gasteiger partial charge in [-0.2, -0.15) is 4.31 Å². The molecule has 1 atom stereocenters. The number of aromatic nitrogens is 2. The average Bonchev–Trinajstić information content (AvgIpc) is 2.62. The number of para-hydroxylation sites is 1. The lowest BCUT2D eigenvalue weighted by molar-refractivity contribution is 0.141. The van der Waals surface area contributed by atoms with Crippen molar-refractivity contribution in [3.05, 3.63) is 36.3 Å². The van der Waals surface area contributed by atoms with Crippen LogP contribution in [0.3, 0.4) is 0 Å². The molecule has 0 bridgehead atoms. The third-order valence-corrected chi connectivity index (χ3v) is 5.47. The summed E-state index contributed by atoms with van der Waals surface area (Å²) in [7, 11) is -3.09. The van der Waals surface area contributed by atoms with Crippen LogP contribution < -0.4 is 0 Å². The van der Waals surface area contributed by atoms with E-state index in [1.807, 2.05) is 44.3 Å². The minimum Gasteiger partial charge on any atom is -0.291 e. The molecule has 2 aromatic rings. The minimum absolute atomic E-state index is 0.0753. The number of nitrogens with zero attached hydrogens (tertiary/aromatic N) is 4. The highest BCUT2D eigenvalue weighted by Crippen LogP contribution is 2.21. The topological polar surface area (TPSA) is 66.4 Å². The number of piperazine rings is 1. The van der Waals surface area contributed by atoms with Crippen LogP contribution in [-0.4, -0.2) is 60.0 Å². The molecule has 0 radical (unpaired) electrons. The molecule has 1 aliphatic rings. The zero-order valence-electron chi connectivity index (χ0n) is 14.8. The first-order valence-corrected chi connectivity index (χ1v) is 10.2. The molecule has 6 nitrogen and oxygen atoms in total. The van der Waals surface area contributed by atoms with Crippen LogP contribution in [0.2, 0.25) is 0 Å². The summed E-state index contributed by atoms with van der Waals surface area (Å²) in [6, 6.07) is 7.99. The Balaban J connectivity index is 0.00000100. The predicted molar refractivity (Wildman–Crippen MR) is 97.3 cm³/mol. The van der Waals surface area contributed by atoms with E-state index in [4.69, 9.17) is 0 Å². The van der Waals surface area contributed by atoms with Gasteiger partial charge < -0.3 is 0 Å². The molecule has 132 valence electrons. The zero-order valence-corrected chi connectivity index (χ0v) is 15.6. The Morgan fingerprint density at radius 2 is 1.71 bits per heavy atom. The maximum Gasteiger partial charge on any atom is 0.211 e. The summed E-state index contributed by atoms with van der Waals surface area (Å²) < 4.78 is 24.6. The predicted octanol–water partition coefficient (Wildman–Crippen LogP) is 2.29. The third kappa shape index (κ3) is 4.28. The third-order valence-electron chi connectivity index (χ3n) is 4.17. The van der Waals surface area contributed by atoms with Crippen molar-refractivity contribution in [3.63, 3.8) is 0 Å². The van der Waals surface area contributed by atoms with Crippen molar-refractivity contribution in [3.8, 4) is 0 Å². The van der Waals surface area contributed by atoms with E-state index in [2.05, 4.69) is 21.8 Å². The van der Waals surface area contributed by atoms with Gasteiger partial charge in [-0.05, 0) is 13.0 Å². The molecule has 3 rings (SSSR count). The largest absolute Gasteiger partial charge is 0.291 e. The Morgan fingerprint density at radius 3 is 2.33 bits per heavy atom. The summed E-state index contributed by atoms with van der Waals surface area (Å²) in [6.07, 6.45) is 3.11. The van der Waals surface area contributed by atoms with Crippen molar-refractivity contribution >= 4 is 20.9 Å². The van der Waals surface area contributed by atoms with Crippen molar-refractivity contribution in [2.75, 3.05) is 32.4 Å². The Kier molecular flexibility index (Phi) is 6.26. The van der Waals surface area contributed by atoms with Crippen molar-refractivity contribution in [1.82, 2.24) is 19.2 Å². The van der Waals surface area contributed by atoms with E-state index in [0.717, 1.165) is 16.7 Å². The number of hydrogen-bond acceptors (Lipinski definition) is 5. The van der Waals surface area contributed by atoms with Gasteiger partial charge in [-0.1, -0.05) is 32.0 Å². The second-order valence-electron chi connectivity index (χ2n) is 5.66. The van der Waals surface area contributed by atoms with E-state index >= 15 is 0 Å². The first-order valence-electron chi connectivity index (χ1n) is 8.36. The van der Waals surface area contributed by atoms with E-state index in [9.17, 15) is 8.42 Å². The first kappa shape index (κ1) is 18.8. The van der Waals surface area contributed by atoms with Gasteiger partial charge >= 0.3 is 0 Å². The van der Waals surface area contributed by atoms with E-state index in [-0.39, 0.29) is 6.04 Å². The van der Waals surface area contributed by atoms with Gasteiger partial charge in [0.1, 0.15) is 5.82 Å². The van der Waals surface area contributed by atoms with Gasteiger partial charge in [0.25, 0.3) is 0 Å². The molecule has 1 fully saturated rings. The summed E-state index contributed by atoms with van der Waals surface area (Å²) in [5.74, 6) is 0.784. The second-order valence-corrected chi connectivity index (χ2v) is 7.64. The van der Waals surface area contributed by atoms with Gasteiger partial charge in [0.2, 0.25) is 10.0 Å². The normalized spacial score (nSPS) is 18.0. The number of rotatable bonds is 3. The number of benzene rings is 1. The molecular weight excluding hydrogens is 324 g/mol. The molecule has 0 aliphatic carbocycles. The van der Waals surface area contributed by atoms with Gasteiger partial charge in [-0.15, -0.1) is 0 Å². The maximum atomic E-state index is 11.6. The van der Waals surface area contributed by atoms with Crippen molar-refractivity contribution in [2.45, 2.75) is 26.8 Å². The van der Waals surface area contributed by atoms with E-state index < -0.39 is 10.0 Å². The van der Waals surface area contributed by atoms with Crippen molar-refractivity contribution in [2.24, 2.45) is 0 Å². The van der Waals surface area contributed by atoms with E-state index in [1.54, 1.807) is 0 Å². The van der Waals surface area contributed by atoms with Gasteiger partial charge in [-0.25, -0.2) is 18.4 Å². The van der Waals surface area contributed by atoms with Crippen LogP contribution in [0.15, 0.2) is 30.5 Å². The van der Waals surface area contributed by atoms with E-state index in [1.165, 1.54) is 10.6 Å². The van der Waals surface area contributed by atoms with E-state index in [0.29, 0.717) is 26.2 Å². The highest BCUT2D eigenvalue weighted by atomic mass is 32.2. The maximum absolute atomic E-state index is 11.6. The molecule has 0 saturated carbocycles.